The number of nitrogens with one attached hydrogen (secondary N) is 1. The molecule has 5 nitrogen and oxygen atoms in total. The first-order valence-electron chi connectivity index (χ1n) is 9.08. The summed E-state index contributed by atoms with van der Waals surface area (Å²) in [6.45, 7) is 2.91. The summed E-state index contributed by atoms with van der Waals surface area (Å²) in [4.78, 5) is 24.0. The normalized spacial score (nSPS) is 15.9. The van der Waals surface area contributed by atoms with Crippen LogP contribution in [0.3, 0.4) is 0 Å². The molecule has 140 valence electrons. The Kier molecular flexibility index (Phi) is 4.57. The van der Waals surface area contributed by atoms with Gasteiger partial charge in [-0.3, -0.25) is 15.0 Å². The molecule has 1 amide bonds. The van der Waals surface area contributed by atoms with Crippen LogP contribution in [0.2, 0.25) is 0 Å². The maximum Gasteiger partial charge on any atom is 0.308 e. The molecule has 4 rings (SSSR count). The zero-order valence-corrected chi connectivity index (χ0v) is 15.7. The average Bonchev–Trinajstić information content (AvgIpc) is 3.14. The number of fused-ring (bicyclic) bond motifs is 1. The quantitative estimate of drug-likeness (QED) is 0.553. The van der Waals surface area contributed by atoms with Crippen molar-refractivity contribution in [3.05, 3.63) is 83.9 Å². The molecule has 1 N–H and O–H groups in total. The van der Waals surface area contributed by atoms with Gasteiger partial charge in [-0.05, 0) is 23.1 Å². The maximum atomic E-state index is 12.2. The lowest BCUT2D eigenvalue weighted by atomic mass is 10.0. The highest BCUT2D eigenvalue weighted by Gasteiger charge is 2.30. The summed E-state index contributed by atoms with van der Waals surface area (Å²) in [5.74, 6) is -0.00396. The Morgan fingerprint density at radius 3 is 2.36 bits per heavy atom. The molecule has 0 unspecified atom stereocenters. The van der Waals surface area contributed by atoms with Crippen molar-refractivity contribution in [1.29, 1.82) is 0 Å². The van der Waals surface area contributed by atoms with Gasteiger partial charge >= 0.3 is 5.97 Å². The van der Waals surface area contributed by atoms with E-state index in [9.17, 15) is 9.59 Å². The molecule has 1 atom stereocenters. The minimum absolute atomic E-state index is 0.102. The number of carbonyl (C=O) groups is 2. The molecule has 0 saturated carbocycles. The topological polar surface area (TPSA) is 58.6 Å². The molecular weight excluding hydrogens is 352 g/mol. The molecule has 0 radical (unpaired) electrons. The molecule has 3 aromatic carbocycles. The second-order valence-corrected chi connectivity index (χ2v) is 6.69. The van der Waals surface area contributed by atoms with E-state index in [1.54, 1.807) is 5.01 Å². The average molecular weight is 372 g/mol. The van der Waals surface area contributed by atoms with E-state index < -0.39 is 0 Å². The fraction of sp³-hybridized carbons (Fsp3) is 0.130. The monoisotopic (exact) mass is 372 g/mol. The van der Waals surface area contributed by atoms with E-state index in [0.717, 1.165) is 27.6 Å². The van der Waals surface area contributed by atoms with Gasteiger partial charge in [0.25, 0.3) is 0 Å². The molecule has 1 aliphatic rings. The number of hydrogen-bond donors (Lipinski definition) is 1. The lowest BCUT2D eigenvalue weighted by Crippen LogP contribution is -2.37. The molecule has 1 heterocycles. The highest BCUT2D eigenvalue weighted by atomic mass is 16.5. The van der Waals surface area contributed by atoms with Crippen molar-refractivity contribution in [2.75, 3.05) is 0 Å². The second-order valence-electron chi connectivity index (χ2n) is 6.69. The Morgan fingerprint density at radius 1 is 0.929 bits per heavy atom. The Morgan fingerprint density at radius 2 is 1.64 bits per heavy atom. The van der Waals surface area contributed by atoms with E-state index in [2.05, 4.69) is 5.43 Å². The van der Waals surface area contributed by atoms with E-state index in [1.807, 2.05) is 72.8 Å². The molecule has 0 fully saturated rings. The lowest BCUT2D eigenvalue weighted by molar-refractivity contribution is -0.133. The summed E-state index contributed by atoms with van der Waals surface area (Å²) in [7, 11) is 0. The van der Waals surface area contributed by atoms with Gasteiger partial charge in [0.05, 0.1) is 11.7 Å². The van der Waals surface area contributed by atoms with Crippen molar-refractivity contribution in [2.24, 2.45) is 0 Å². The third kappa shape index (κ3) is 3.22. The highest BCUT2D eigenvalue weighted by molar-refractivity contribution is 5.95. The van der Waals surface area contributed by atoms with Gasteiger partial charge in [0.1, 0.15) is 5.75 Å². The first kappa shape index (κ1) is 17.8. The Balaban J connectivity index is 1.85. The van der Waals surface area contributed by atoms with Crippen LogP contribution in [0.5, 0.6) is 5.75 Å². The zero-order valence-electron chi connectivity index (χ0n) is 15.7. The number of nitrogens with zero attached hydrogens (tertiary/aromatic N) is 1. The van der Waals surface area contributed by atoms with E-state index in [1.165, 1.54) is 13.8 Å². The third-order valence-corrected chi connectivity index (χ3v) is 4.74. The van der Waals surface area contributed by atoms with Crippen LogP contribution in [0.15, 0.2) is 72.8 Å². The minimum Gasteiger partial charge on any atom is -0.425 e. The number of carbonyl (C=O) groups excluding carboxylic acids is 2. The van der Waals surface area contributed by atoms with E-state index >= 15 is 0 Å². The van der Waals surface area contributed by atoms with Gasteiger partial charge in [-0.2, -0.15) is 0 Å². The fourth-order valence-corrected chi connectivity index (χ4v) is 3.50. The number of ether oxygens (including phenoxy) is 1. The van der Waals surface area contributed by atoms with Gasteiger partial charge in [-0.25, -0.2) is 5.01 Å². The molecule has 0 bridgehead atoms. The molecule has 1 aliphatic heterocycles. The molecule has 0 spiro atoms. The number of amides is 1. The Bertz CT molecular complexity index is 1090. The smallest absolute Gasteiger partial charge is 0.308 e. The summed E-state index contributed by atoms with van der Waals surface area (Å²) in [5, 5.41) is 3.40. The van der Waals surface area contributed by atoms with Crippen LogP contribution < -0.4 is 10.2 Å². The van der Waals surface area contributed by atoms with E-state index in [4.69, 9.17) is 4.74 Å². The van der Waals surface area contributed by atoms with Crippen LogP contribution in [-0.2, 0) is 9.59 Å². The number of esters is 1. The molecule has 0 aliphatic carbocycles. The Labute approximate surface area is 163 Å². The number of hydrogen-bond acceptors (Lipinski definition) is 4. The van der Waals surface area contributed by atoms with Crippen LogP contribution >= 0.6 is 0 Å². The van der Waals surface area contributed by atoms with Crippen molar-refractivity contribution in [2.45, 2.75) is 19.9 Å². The van der Waals surface area contributed by atoms with Gasteiger partial charge in [0.15, 0.2) is 0 Å². The highest BCUT2D eigenvalue weighted by Crippen LogP contribution is 2.38. The van der Waals surface area contributed by atoms with E-state index in [0.29, 0.717) is 5.75 Å². The van der Waals surface area contributed by atoms with Crippen molar-refractivity contribution >= 4 is 28.3 Å². The maximum absolute atomic E-state index is 12.2. The van der Waals surface area contributed by atoms with Gasteiger partial charge < -0.3 is 4.74 Å². The molecule has 0 aromatic heterocycles. The molecule has 3 aromatic rings. The standard InChI is InChI=1S/C23H20N2O3/c1-15(26)25-22(18-9-4-3-5-10-18)14-21(24-25)20-13-12-17-8-6-7-11-19(17)23(20)28-16(2)27/h3-14,22,24H,1-2H3/t22-/m1/s1. The van der Waals surface area contributed by atoms with Crippen molar-refractivity contribution in [3.8, 4) is 5.75 Å². The molecular formula is C23H20N2O3. The van der Waals surface area contributed by atoms with Gasteiger partial charge in [0.2, 0.25) is 5.91 Å². The van der Waals surface area contributed by atoms with Crippen LogP contribution in [-0.4, -0.2) is 16.9 Å². The molecule has 0 saturated heterocycles. The summed E-state index contributed by atoms with van der Waals surface area (Å²) in [6, 6.07) is 21.2. The SMILES string of the molecule is CC(=O)Oc1c(C2=C[C@H](c3ccccc3)N(C(C)=O)N2)ccc2ccccc12. The lowest BCUT2D eigenvalue weighted by Gasteiger charge is -2.24. The number of rotatable bonds is 3. The summed E-state index contributed by atoms with van der Waals surface area (Å²) in [5.41, 5.74) is 5.65. The van der Waals surface area contributed by atoms with Gasteiger partial charge in [-0.15, -0.1) is 0 Å². The first-order valence-corrected chi connectivity index (χ1v) is 9.08. The van der Waals surface area contributed by atoms with Crippen LogP contribution in [0, 0.1) is 0 Å². The fourth-order valence-electron chi connectivity index (χ4n) is 3.50. The van der Waals surface area contributed by atoms with Crippen molar-refractivity contribution in [1.82, 2.24) is 10.4 Å². The molecule has 28 heavy (non-hydrogen) atoms. The van der Waals surface area contributed by atoms with Crippen LogP contribution in [0.4, 0.5) is 0 Å². The predicted octanol–water partition coefficient (Wildman–Crippen LogP) is 4.21. The largest absolute Gasteiger partial charge is 0.425 e. The summed E-state index contributed by atoms with van der Waals surface area (Å²) >= 11 is 0. The molecule has 5 heteroatoms. The van der Waals surface area contributed by atoms with E-state index in [-0.39, 0.29) is 17.9 Å². The second kappa shape index (κ2) is 7.19. The third-order valence-electron chi connectivity index (χ3n) is 4.74. The van der Waals surface area contributed by atoms with Crippen LogP contribution in [0.25, 0.3) is 16.5 Å². The summed E-state index contributed by atoms with van der Waals surface area (Å²) in [6.07, 6.45) is 1.98. The van der Waals surface area contributed by atoms with Gasteiger partial charge in [0, 0.05) is 24.8 Å². The first-order chi connectivity index (χ1) is 13.5. The van der Waals surface area contributed by atoms with Crippen molar-refractivity contribution < 1.29 is 14.3 Å². The number of benzene rings is 3. The van der Waals surface area contributed by atoms with Gasteiger partial charge in [-0.1, -0.05) is 60.7 Å². The summed E-state index contributed by atoms with van der Waals surface area (Å²) < 4.78 is 5.58. The zero-order chi connectivity index (χ0) is 19.7. The van der Waals surface area contributed by atoms with Crippen LogP contribution in [0.1, 0.15) is 31.0 Å². The van der Waals surface area contributed by atoms with Crippen molar-refractivity contribution in [3.63, 3.8) is 0 Å². The number of hydrazine groups is 1. The Hall–Kier alpha value is -3.60. The minimum atomic E-state index is -0.390. The predicted molar refractivity (Wildman–Crippen MR) is 108 cm³/mol.